The van der Waals surface area contributed by atoms with Gasteiger partial charge in [0.25, 0.3) is 0 Å². The zero-order valence-corrected chi connectivity index (χ0v) is 8.05. The predicted octanol–water partition coefficient (Wildman–Crippen LogP) is 2.69. The summed E-state index contributed by atoms with van der Waals surface area (Å²) in [5.41, 5.74) is 0. The third-order valence-electron chi connectivity index (χ3n) is 1.51. The largest absolute Gasteiger partial charge is 0.487 e. The molecule has 15 heavy (non-hydrogen) atoms. The Bertz CT molecular complexity index is 353. The molecule has 0 aliphatic carbocycles. The highest BCUT2D eigenvalue weighted by Crippen LogP contribution is 2.28. The number of hydrogen-bond donors (Lipinski definition) is 1. The van der Waals surface area contributed by atoms with Crippen molar-refractivity contribution in [3.05, 3.63) is 29.1 Å². The van der Waals surface area contributed by atoms with Crippen molar-refractivity contribution in [2.45, 2.75) is 0 Å². The maximum Gasteiger partial charge on any atom is 0.206 e. The molecule has 0 aliphatic rings. The first-order chi connectivity index (χ1) is 7.00. The lowest BCUT2D eigenvalue weighted by Crippen LogP contribution is -2.08. The van der Waals surface area contributed by atoms with Gasteiger partial charge in [0, 0.05) is 5.75 Å². The molecule has 1 aromatic rings. The van der Waals surface area contributed by atoms with Gasteiger partial charge in [-0.15, -0.1) is 0 Å². The van der Waals surface area contributed by atoms with Crippen LogP contribution < -0.4 is 4.74 Å². The van der Waals surface area contributed by atoms with E-state index >= 15 is 0 Å². The van der Waals surface area contributed by atoms with Crippen LogP contribution in [0.3, 0.4) is 0 Å². The summed E-state index contributed by atoms with van der Waals surface area (Å²) in [4.78, 5) is 0. The summed E-state index contributed by atoms with van der Waals surface area (Å²) in [6, 6.07) is 0. The second-order valence-corrected chi connectivity index (χ2v) is 2.92. The van der Waals surface area contributed by atoms with Crippen LogP contribution in [0.4, 0.5) is 22.0 Å². The number of halogens is 5. The molecule has 1 rings (SSSR count). The van der Waals surface area contributed by atoms with E-state index in [1.54, 1.807) is 0 Å². The van der Waals surface area contributed by atoms with E-state index in [0.717, 1.165) is 0 Å². The Hall–Kier alpha value is -0.980. The van der Waals surface area contributed by atoms with Gasteiger partial charge >= 0.3 is 0 Å². The third-order valence-corrected chi connectivity index (χ3v) is 1.69. The topological polar surface area (TPSA) is 9.23 Å². The lowest BCUT2D eigenvalue weighted by atomic mass is 10.2. The maximum absolute atomic E-state index is 12.9. The van der Waals surface area contributed by atoms with Gasteiger partial charge in [0.15, 0.2) is 5.75 Å². The first kappa shape index (κ1) is 12.1. The summed E-state index contributed by atoms with van der Waals surface area (Å²) >= 11 is 3.66. The molecule has 0 bridgehead atoms. The van der Waals surface area contributed by atoms with Crippen molar-refractivity contribution in [3.63, 3.8) is 0 Å². The van der Waals surface area contributed by atoms with Gasteiger partial charge in [-0.2, -0.15) is 21.4 Å². The normalized spacial score (nSPS) is 10.5. The molecule has 84 valence electrons. The fourth-order valence-electron chi connectivity index (χ4n) is 0.859. The molecule has 0 saturated carbocycles. The maximum atomic E-state index is 12.9. The first-order valence-electron chi connectivity index (χ1n) is 3.75. The number of thiol groups is 1. The minimum Gasteiger partial charge on any atom is -0.487 e. The number of benzene rings is 1. The van der Waals surface area contributed by atoms with E-state index in [1.807, 2.05) is 0 Å². The predicted molar refractivity (Wildman–Crippen MR) is 45.6 cm³/mol. The van der Waals surface area contributed by atoms with Crippen molar-refractivity contribution in [2.75, 3.05) is 12.4 Å². The zero-order chi connectivity index (χ0) is 11.6. The zero-order valence-electron chi connectivity index (χ0n) is 7.16. The molecule has 0 saturated heterocycles. The number of hydrogen-bond acceptors (Lipinski definition) is 2. The third kappa shape index (κ3) is 2.17. The van der Waals surface area contributed by atoms with Gasteiger partial charge in [-0.05, 0) is 0 Å². The van der Waals surface area contributed by atoms with Gasteiger partial charge in [-0.3, -0.25) is 0 Å². The van der Waals surface area contributed by atoms with Gasteiger partial charge < -0.3 is 4.74 Å². The Kier molecular flexibility index (Phi) is 3.78. The molecule has 0 heterocycles. The van der Waals surface area contributed by atoms with E-state index in [-0.39, 0.29) is 12.4 Å². The molecule has 0 radical (unpaired) electrons. The lowest BCUT2D eigenvalue weighted by molar-refractivity contribution is 0.277. The Morgan fingerprint density at radius 3 is 1.60 bits per heavy atom. The van der Waals surface area contributed by atoms with Crippen LogP contribution in [0.25, 0.3) is 0 Å². The highest BCUT2D eigenvalue weighted by molar-refractivity contribution is 7.80. The number of ether oxygens (including phenoxy) is 1. The Labute approximate surface area is 87.3 Å². The molecule has 0 spiro atoms. The second-order valence-electron chi connectivity index (χ2n) is 2.47. The molecular weight excluding hydrogens is 239 g/mol. The van der Waals surface area contributed by atoms with Crippen molar-refractivity contribution in [1.29, 1.82) is 0 Å². The molecule has 1 nitrogen and oxygen atoms in total. The summed E-state index contributed by atoms with van der Waals surface area (Å²) < 4.78 is 67.7. The molecule has 0 atom stereocenters. The van der Waals surface area contributed by atoms with Gasteiger partial charge in [0.1, 0.15) is 0 Å². The van der Waals surface area contributed by atoms with Crippen molar-refractivity contribution in [3.8, 4) is 5.75 Å². The lowest BCUT2D eigenvalue weighted by Gasteiger charge is -2.08. The van der Waals surface area contributed by atoms with Crippen LogP contribution in [-0.2, 0) is 0 Å². The van der Waals surface area contributed by atoms with Crippen LogP contribution in [-0.4, -0.2) is 12.4 Å². The Balaban J connectivity index is 3.26. The minimum absolute atomic E-state index is 0.0828. The standard InChI is InChI=1S/C8H5F5OS/c9-3-4(10)6(12)8(14-1-2-15)7(13)5(3)11/h15H,1-2H2. The average molecular weight is 244 g/mol. The van der Waals surface area contributed by atoms with Crippen LogP contribution in [0.2, 0.25) is 0 Å². The summed E-state index contributed by atoms with van der Waals surface area (Å²) in [5.74, 6) is -11.4. The quantitative estimate of drug-likeness (QED) is 0.372. The van der Waals surface area contributed by atoms with Crippen LogP contribution in [0.1, 0.15) is 0 Å². The smallest absolute Gasteiger partial charge is 0.206 e. The van der Waals surface area contributed by atoms with Gasteiger partial charge in [-0.1, -0.05) is 0 Å². The van der Waals surface area contributed by atoms with E-state index in [4.69, 9.17) is 0 Å². The van der Waals surface area contributed by atoms with Crippen LogP contribution >= 0.6 is 12.6 Å². The van der Waals surface area contributed by atoms with Gasteiger partial charge in [0.2, 0.25) is 29.1 Å². The summed E-state index contributed by atoms with van der Waals surface area (Å²) in [5, 5.41) is 0. The molecular formula is C8H5F5OS. The summed E-state index contributed by atoms with van der Waals surface area (Å²) in [6.45, 7) is -0.262. The van der Waals surface area contributed by atoms with Gasteiger partial charge in [0.05, 0.1) is 6.61 Å². The highest BCUT2D eigenvalue weighted by Gasteiger charge is 2.26. The average Bonchev–Trinajstić information content (AvgIpc) is 2.24. The fraction of sp³-hybridized carbons (Fsp3) is 0.250. The fourth-order valence-corrected chi connectivity index (χ4v) is 0.950. The van der Waals surface area contributed by atoms with Crippen molar-refractivity contribution in [1.82, 2.24) is 0 Å². The van der Waals surface area contributed by atoms with Crippen molar-refractivity contribution in [2.24, 2.45) is 0 Å². The summed E-state index contributed by atoms with van der Waals surface area (Å²) in [7, 11) is 0. The monoisotopic (exact) mass is 244 g/mol. The van der Waals surface area contributed by atoms with Crippen LogP contribution in [0.15, 0.2) is 0 Å². The molecule has 0 N–H and O–H groups in total. The first-order valence-corrected chi connectivity index (χ1v) is 4.39. The number of rotatable bonds is 3. The molecule has 0 aliphatic heterocycles. The molecule has 0 unspecified atom stereocenters. The molecule has 0 aromatic heterocycles. The second kappa shape index (κ2) is 4.69. The van der Waals surface area contributed by atoms with E-state index in [0.29, 0.717) is 0 Å². The minimum atomic E-state index is -2.21. The molecule has 0 amide bonds. The Morgan fingerprint density at radius 2 is 1.20 bits per heavy atom. The molecule has 7 heteroatoms. The summed E-state index contributed by atoms with van der Waals surface area (Å²) in [6.07, 6.45) is 0. The van der Waals surface area contributed by atoms with E-state index < -0.39 is 34.8 Å². The van der Waals surface area contributed by atoms with E-state index in [9.17, 15) is 22.0 Å². The molecule has 1 aromatic carbocycles. The van der Waals surface area contributed by atoms with Crippen LogP contribution in [0, 0.1) is 29.1 Å². The van der Waals surface area contributed by atoms with Crippen molar-refractivity contribution < 1.29 is 26.7 Å². The van der Waals surface area contributed by atoms with Crippen molar-refractivity contribution >= 4 is 12.6 Å². The Morgan fingerprint density at radius 1 is 0.800 bits per heavy atom. The SMILES string of the molecule is Fc1c(F)c(F)c(OCCS)c(F)c1F. The molecule has 0 fully saturated rings. The van der Waals surface area contributed by atoms with E-state index in [2.05, 4.69) is 17.4 Å². The highest BCUT2D eigenvalue weighted by atomic mass is 32.1. The van der Waals surface area contributed by atoms with Gasteiger partial charge in [-0.25, -0.2) is 13.2 Å². The van der Waals surface area contributed by atoms with E-state index in [1.165, 1.54) is 0 Å². The van der Waals surface area contributed by atoms with Crippen LogP contribution in [0.5, 0.6) is 5.75 Å².